The highest BCUT2D eigenvalue weighted by Crippen LogP contribution is 2.29. The summed E-state index contributed by atoms with van der Waals surface area (Å²) in [6.45, 7) is 3.64. The van der Waals surface area contributed by atoms with Crippen molar-refractivity contribution in [1.82, 2.24) is 19.9 Å². The lowest BCUT2D eigenvalue weighted by Crippen LogP contribution is -2.55. The first-order valence-electron chi connectivity index (χ1n) is 11.0. The second-order valence-corrected chi connectivity index (χ2v) is 8.94. The van der Waals surface area contributed by atoms with Gasteiger partial charge in [-0.15, -0.1) is 11.3 Å². The van der Waals surface area contributed by atoms with Crippen molar-refractivity contribution in [2.75, 3.05) is 35.6 Å². The van der Waals surface area contributed by atoms with Crippen LogP contribution in [0.2, 0.25) is 0 Å². The van der Waals surface area contributed by atoms with Crippen molar-refractivity contribution in [3.8, 4) is 5.75 Å². The molecule has 3 heterocycles. The van der Waals surface area contributed by atoms with Crippen molar-refractivity contribution >= 4 is 51.1 Å². The summed E-state index contributed by atoms with van der Waals surface area (Å²) in [5.74, 6) is 0.871. The second-order valence-electron chi connectivity index (χ2n) is 8.11. The Labute approximate surface area is 205 Å². The lowest BCUT2D eigenvalue weighted by molar-refractivity contribution is 0.0734. The highest BCUT2D eigenvalue weighted by atomic mass is 32.1. The summed E-state index contributed by atoms with van der Waals surface area (Å²) >= 11 is 1.42. The molecule has 2 amide bonds. The van der Waals surface area contributed by atoms with E-state index < -0.39 is 5.97 Å². The smallest absolute Gasteiger partial charge is 0.343 e. The number of fused-ring (bicyclic) bond motifs is 1. The number of carbonyl (C=O) groups excluding carboxylic acids is 2. The van der Waals surface area contributed by atoms with E-state index in [1.54, 1.807) is 58.9 Å². The summed E-state index contributed by atoms with van der Waals surface area (Å²) in [6, 6.07) is 15.3. The van der Waals surface area contributed by atoms with Crippen molar-refractivity contribution in [3.05, 3.63) is 65.7 Å². The van der Waals surface area contributed by atoms with Gasteiger partial charge in [0.25, 0.3) is 0 Å². The third-order valence-corrected chi connectivity index (χ3v) is 6.43. The Hall–Kier alpha value is -4.25. The maximum Gasteiger partial charge on any atom is 0.343 e. The third-order valence-electron chi connectivity index (χ3n) is 5.71. The van der Waals surface area contributed by atoms with Gasteiger partial charge in [-0.3, -0.25) is 0 Å². The Morgan fingerprint density at radius 3 is 2.60 bits per heavy atom. The number of hydrogen-bond acceptors (Lipinski definition) is 9. The fourth-order valence-electron chi connectivity index (χ4n) is 3.97. The van der Waals surface area contributed by atoms with E-state index in [9.17, 15) is 9.59 Å². The van der Waals surface area contributed by atoms with Gasteiger partial charge in [0.05, 0.1) is 11.1 Å². The van der Waals surface area contributed by atoms with Crippen molar-refractivity contribution < 1.29 is 14.3 Å². The molecular weight excluding hydrogens is 466 g/mol. The molecule has 35 heavy (non-hydrogen) atoms. The summed E-state index contributed by atoms with van der Waals surface area (Å²) in [7, 11) is 0. The van der Waals surface area contributed by atoms with Crippen LogP contribution in [0.3, 0.4) is 0 Å². The zero-order valence-corrected chi connectivity index (χ0v) is 19.7. The molecule has 3 N–H and O–H groups in total. The summed E-state index contributed by atoms with van der Waals surface area (Å²) < 4.78 is 5.39. The summed E-state index contributed by atoms with van der Waals surface area (Å²) in [5.41, 5.74) is 9.42. The number of hydrogen-bond donors (Lipinski definition) is 2. The van der Waals surface area contributed by atoms with Gasteiger partial charge in [0, 0.05) is 31.4 Å². The van der Waals surface area contributed by atoms with Crippen molar-refractivity contribution in [1.29, 1.82) is 0 Å². The molecule has 0 saturated carbocycles. The number of urea groups is 1. The molecule has 1 aliphatic heterocycles. The van der Waals surface area contributed by atoms with Crippen molar-refractivity contribution in [2.24, 2.45) is 0 Å². The Morgan fingerprint density at radius 1 is 1.09 bits per heavy atom. The van der Waals surface area contributed by atoms with Gasteiger partial charge in [-0.25, -0.2) is 19.6 Å². The maximum absolute atomic E-state index is 12.9. The molecule has 0 bridgehead atoms. The van der Waals surface area contributed by atoms with Crippen LogP contribution in [-0.2, 0) is 0 Å². The number of thiazole rings is 1. The molecule has 178 valence electrons. The number of amides is 2. The number of nitrogen functional groups attached to an aromatic ring is 1. The largest absolute Gasteiger partial charge is 0.423 e. The van der Waals surface area contributed by atoms with Gasteiger partial charge in [0.1, 0.15) is 11.3 Å². The number of esters is 1. The molecule has 2 aromatic heterocycles. The number of anilines is 3. The highest BCUT2D eigenvalue weighted by Gasteiger charge is 2.29. The molecule has 1 fully saturated rings. The minimum absolute atomic E-state index is 0.00785. The molecule has 0 spiro atoms. The van der Waals surface area contributed by atoms with E-state index in [1.165, 1.54) is 11.3 Å². The van der Waals surface area contributed by atoms with Crippen LogP contribution in [0.15, 0.2) is 60.1 Å². The van der Waals surface area contributed by atoms with Crippen molar-refractivity contribution in [2.45, 2.75) is 13.0 Å². The molecule has 11 heteroatoms. The van der Waals surface area contributed by atoms with E-state index in [-0.39, 0.29) is 18.0 Å². The molecule has 1 atom stereocenters. The van der Waals surface area contributed by atoms with E-state index in [4.69, 9.17) is 10.5 Å². The zero-order chi connectivity index (χ0) is 24.4. The molecule has 1 aliphatic rings. The fourth-order valence-corrected chi connectivity index (χ4v) is 4.63. The fraction of sp³-hybridized carbons (Fsp3) is 0.208. The number of carbonyl (C=O) groups is 2. The average molecular weight is 490 g/mol. The van der Waals surface area contributed by atoms with E-state index in [1.807, 2.05) is 13.0 Å². The van der Waals surface area contributed by atoms with Gasteiger partial charge < -0.3 is 25.6 Å². The Bertz CT molecular complexity index is 1360. The molecule has 1 saturated heterocycles. The lowest BCUT2D eigenvalue weighted by Gasteiger charge is -2.40. The molecule has 0 radical (unpaired) electrons. The van der Waals surface area contributed by atoms with Gasteiger partial charge in [-0.1, -0.05) is 18.2 Å². The third kappa shape index (κ3) is 4.85. The van der Waals surface area contributed by atoms with E-state index in [0.29, 0.717) is 42.5 Å². The Balaban J connectivity index is 1.19. The SMILES string of the molecule is CC1CN(C(=O)Nc2ccc(OC(=O)c3ccccc3)cc2)CCN1c1nc(N)nc2scnc12. The molecule has 2 aromatic carbocycles. The maximum atomic E-state index is 12.9. The van der Waals surface area contributed by atoms with Gasteiger partial charge in [0.15, 0.2) is 10.6 Å². The first-order chi connectivity index (χ1) is 17.0. The van der Waals surface area contributed by atoms with Crippen LogP contribution in [0, 0.1) is 0 Å². The quantitative estimate of drug-likeness (QED) is 0.329. The van der Waals surface area contributed by atoms with Crippen LogP contribution in [0.25, 0.3) is 10.3 Å². The predicted molar refractivity (Wildman–Crippen MR) is 135 cm³/mol. The van der Waals surface area contributed by atoms with Crippen LogP contribution in [0.1, 0.15) is 17.3 Å². The molecule has 4 aromatic rings. The number of benzene rings is 2. The number of piperazine rings is 1. The number of nitrogens with zero attached hydrogens (tertiary/aromatic N) is 5. The van der Waals surface area contributed by atoms with Gasteiger partial charge >= 0.3 is 12.0 Å². The van der Waals surface area contributed by atoms with E-state index in [2.05, 4.69) is 25.2 Å². The first-order valence-corrected chi connectivity index (χ1v) is 11.9. The second kappa shape index (κ2) is 9.55. The van der Waals surface area contributed by atoms with Crippen LogP contribution in [-0.4, -0.2) is 57.5 Å². The molecule has 1 unspecified atom stereocenters. The summed E-state index contributed by atoms with van der Waals surface area (Å²) in [4.78, 5) is 42.7. The highest BCUT2D eigenvalue weighted by molar-refractivity contribution is 7.16. The minimum Gasteiger partial charge on any atom is -0.423 e. The number of ether oxygens (including phenoxy) is 1. The summed E-state index contributed by atoms with van der Waals surface area (Å²) in [5, 5.41) is 2.91. The van der Waals surface area contributed by atoms with Crippen LogP contribution < -0.4 is 20.7 Å². The van der Waals surface area contributed by atoms with Gasteiger partial charge in [-0.2, -0.15) is 4.98 Å². The number of rotatable bonds is 4. The Kier molecular flexibility index (Phi) is 6.15. The number of aromatic nitrogens is 3. The number of nitrogens with two attached hydrogens (primary N) is 1. The van der Waals surface area contributed by atoms with Gasteiger partial charge in [0.2, 0.25) is 5.95 Å². The molecule has 10 nitrogen and oxygen atoms in total. The van der Waals surface area contributed by atoms with Crippen LogP contribution in [0.5, 0.6) is 5.75 Å². The zero-order valence-electron chi connectivity index (χ0n) is 18.9. The van der Waals surface area contributed by atoms with Crippen molar-refractivity contribution in [3.63, 3.8) is 0 Å². The van der Waals surface area contributed by atoms with Gasteiger partial charge in [-0.05, 0) is 43.3 Å². The molecule has 5 rings (SSSR count). The number of nitrogens with one attached hydrogen (secondary N) is 1. The van der Waals surface area contributed by atoms with Crippen LogP contribution >= 0.6 is 11.3 Å². The topological polar surface area (TPSA) is 127 Å². The van der Waals surface area contributed by atoms with E-state index in [0.717, 1.165) is 10.3 Å². The van der Waals surface area contributed by atoms with E-state index >= 15 is 0 Å². The molecular formula is C24H23N7O3S. The minimum atomic E-state index is -0.436. The molecule has 0 aliphatic carbocycles. The first kappa shape index (κ1) is 22.5. The predicted octanol–water partition coefficient (Wildman–Crippen LogP) is 3.63. The normalized spacial score (nSPS) is 15.7. The standard InChI is InChI=1S/C24H23N7O3S/c1-15-13-30(11-12-31(15)20-19-21(35-14-26-19)29-23(25)28-20)24(33)27-17-7-9-18(10-8-17)34-22(32)16-5-3-2-4-6-16/h2-10,14-15H,11-13H2,1H3,(H,27,33)(H2,25,28,29). The van der Waals surface area contributed by atoms with Crippen LogP contribution in [0.4, 0.5) is 22.2 Å². The lowest BCUT2D eigenvalue weighted by atomic mass is 10.2. The average Bonchev–Trinajstić information content (AvgIpc) is 3.34. The summed E-state index contributed by atoms with van der Waals surface area (Å²) in [6.07, 6.45) is 0. The monoisotopic (exact) mass is 489 g/mol. The Morgan fingerprint density at radius 2 is 1.86 bits per heavy atom.